The van der Waals surface area contributed by atoms with E-state index in [9.17, 15) is 4.79 Å². The SMILES string of the molecule is O=C1N(Cc2ccccc2)C[C@H]2CCc3c(ccc4ccccc34)N12. The standard InChI is InChI=1S/C22H20N2O/c25-22-23(14-16-6-2-1-3-7-16)15-18-11-12-20-19-9-5-4-8-17(19)10-13-21(20)24(18)22/h1-10,13,18H,11-12,14-15H2/t18-/m1/s1. The third-order valence-corrected chi connectivity index (χ3v) is 5.49. The van der Waals surface area contributed by atoms with Gasteiger partial charge < -0.3 is 4.90 Å². The van der Waals surface area contributed by atoms with Gasteiger partial charge in [-0.15, -0.1) is 0 Å². The van der Waals surface area contributed by atoms with Crippen LogP contribution in [0.5, 0.6) is 0 Å². The van der Waals surface area contributed by atoms with Gasteiger partial charge in [0.1, 0.15) is 0 Å². The highest BCUT2D eigenvalue weighted by atomic mass is 16.2. The summed E-state index contributed by atoms with van der Waals surface area (Å²) in [5, 5.41) is 2.54. The summed E-state index contributed by atoms with van der Waals surface area (Å²) in [6.07, 6.45) is 2.09. The fraction of sp³-hybridized carbons (Fsp3) is 0.227. The Bertz CT molecular complexity index is 951. The Morgan fingerprint density at radius 1 is 0.920 bits per heavy atom. The molecule has 0 radical (unpaired) electrons. The van der Waals surface area contributed by atoms with Gasteiger partial charge in [-0.25, -0.2) is 4.79 Å². The number of nitrogens with zero attached hydrogens (tertiary/aromatic N) is 2. The average molecular weight is 328 g/mol. The molecule has 3 nitrogen and oxygen atoms in total. The van der Waals surface area contributed by atoms with Crippen molar-refractivity contribution >= 4 is 22.5 Å². The maximum atomic E-state index is 13.1. The molecule has 124 valence electrons. The maximum Gasteiger partial charge on any atom is 0.325 e. The molecule has 1 fully saturated rings. The molecule has 5 rings (SSSR count). The van der Waals surface area contributed by atoms with E-state index in [-0.39, 0.29) is 6.03 Å². The summed E-state index contributed by atoms with van der Waals surface area (Å²) in [5.74, 6) is 0. The summed E-state index contributed by atoms with van der Waals surface area (Å²) in [5.41, 5.74) is 3.62. The molecule has 0 aliphatic carbocycles. The van der Waals surface area contributed by atoms with E-state index < -0.39 is 0 Å². The van der Waals surface area contributed by atoms with Crippen LogP contribution in [0.2, 0.25) is 0 Å². The fourth-order valence-electron chi connectivity index (χ4n) is 4.30. The lowest BCUT2D eigenvalue weighted by molar-refractivity contribution is 0.218. The summed E-state index contributed by atoms with van der Waals surface area (Å²) in [4.78, 5) is 17.1. The second-order valence-electron chi connectivity index (χ2n) is 7.00. The van der Waals surface area contributed by atoms with Crippen molar-refractivity contribution in [3.05, 3.63) is 77.9 Å². The molecule has 1 atom stereocenters. The van der Waals surface area contributed by atoms with Crippen molar-refractivity contribution in [3.63, 3.8) is 0 Å². The van der Waals surface area contributed by atoms with Crippen LogP contribution in [0, 0.1) is 0 Å². The Balaban J connectivity index is 1.51. The molecular weight excluding hydrogens is 308 g/mol. The van der Waals surface area contributed by atoms with Crippen LogP contribution in [0.4, 0.5) is 10.5 Å². The first kappa shape index (κ1) is 14.5. The van der Waals surface area contributed by atoms with Gasteiger partial charge in [0.15, 0.2) is 0 Å². The van der Waals surface area contributed by atoms with Crippen molar-refractivity contribution in [1.29, 1.82) is 0 Å². The van der Waals surface area contributed by atoms with Gasteiger partial charge in [-0.05, 0) is 40.8 Å². The van der Waals surface area contributed by atoms with Gasteiger partial charge in [0, 0.05) is 18.8 Å². The lowest BCUT2D eigenvalue weighted by Crippen LogP contribution is -2.38. The van der Waals surface area contributed by atoms with Gasteiger partial charge in [0.2, 0.25) is 0 Å². The van der Waals surface area contributed by atoms with Crippen molar-refractivity contribution < 1.29 is 4.79 Å². The first-order valence-corrected chi connectivity index (χ1v) is 8.94. The first-order chi connectivity index (χ1) is 12.3. The zero-order valence-electron chi connectivity index (χ0n) is 14.1. The van der Waals surface area contributed by atoms with Gasteiger partial charge in [-0.1, -0.05) is 60.7 Å². The van der Waals surface area contributed by atoms with Crippen LogP contribution >= 0.6 is 0 Å². The molecule has 2 amide bonds. The molecular formula is C22H20N2O. The van der Waals surface area contributed by atoms with E-state index in [0.717, 1.165) is 25.1 Å². The first-order valence-electron chi connectivity index (χ1n) is 8.94. The quantitative estimate of drug-likeness (QED) is 0.674. The Labute approximate surface area is 147 Å². The number of anilines is 1. The van der Waals surface area contributed by atoms with Gasteiger partial charge in [-0.3, -0.25) is 4.90 Å². The number of hydrogen-bond acceptors (Lipinski definition) is 1. The van der Waals surface area contributed by atoms with Gasteiger partial charge in [0.25, 0.3) is 0 Å². The molecule has 25 heavy (non-hydrogen) atoms. The summed E-state index contributed by atoms with van der Waals surface area (Å²) in [7, 11) is 0. The summed E-state index contributed by atoms with van der Waals surface area (Å²) >= 11 is 0. The van der Waals surface area contributed by atoms with Crippen molar-refractivity contribution in [1.82, 2.24) is 4.90 Å². The van der Waals surface area contributed by atoms with Gasteiger partial charge >= 0.3 is 6.03 Å². The van der Waals surface area contributed by atoms with Crippen LogP contribution in [0.25, 0.3) is 10.8 Å². The van der Waals surface area contributed by atoms with Crippen LogP contribution in [0.1, 0.15) is 17.5 Å². The lowest BCUT2D eigenvalue weighted by atomic mass is 9.92. The van der Waals surface area contributed by atoms with E-state index in [1.54, 1.807) is 0 Å². The van der Waals surface area contributed by atoms with Crippen molar-refractivity contribution in [2.45, 2.75) is 25.4 Å². The van der Waals surface area contributed by atoms with Gasteiger partial charge in [0.05, 0.1) is 6.04 Å². The molecule has 0 saturated carbocycles. The summed E-state index contributed by atoms with van der Waals surface area (Å²) < 4.78 is 0. The number of rotatable bonds is 2. The van der Waals surface area contributed by atoms with E-state index in [1.807, 2.05) is 28.0 Å². The van der Waals surface area contributed by atoms with Crippen molar-refractivity contribution in [2.24, 2.45) is 0 Å². The Kier molecular flexibility index (Phi) is 3.27. The molecule has 2 aliphatic rings. The van der Waals surface area contributed by atoms with E-state index >= 15 is 0 Å². The molecule has 3 aromatic carbocycles. The van der Waals surface area contributed by atoms with Crippen LogP contribution in [0.15, 0.2) is 66.7 Å². The molecule has 2 aliphatic heterocycles. The van der Waals surface area contributed by atoms with Crippen LogP contribution in [0.3, 0.4) is 0 Å². The number of carbonyl (C=O) groups excluding carboxylic acids is 1. The second-order valence-corrected chi connectivity index (χ2v) is 7.00. The Morgan fingerprint density at radius 3 is 2.60 bits per heavy atom. The number of amides is 2. The minimum Gasteiger partial charge on any atom is -0.318 e. The predicted octanol–water partition coefficient (Wildman–Crippen LogP) is 4.60. The van der Waals surface area contributed by atoms with E-state index in [1.165, 1.54) is 21.9 Å². The van der Waals surface area contributed by atoms with E-state index in [2.05, 4.69) is 48.5 Å². The maximum absolute atomic E-state index is 13.1. The molecule has 0 bridgehead atoms. The number of carbonyl (C=O) groups is 1. The topological polar surface area (TPSA) is 23.6 Å². The normalized spacial score (nSPS) is 19.2. The minimum atomic E-state index is 0.144. The van der Waals surface area contributed by atoms with Gasteiger partial charge in [-0.2, -0.15) is 0 Å². The predicted molar refractivity (Wildman–Crippen MR) is 101 cm³/mol. The second kappa shape index (κ2) is 5.62. The molecule has 2 heterocycles. The number of fused-ring (bicyclic) bond motifs is 5. The lowest BCUT2D eigenvalue weighted by Gasteiger charge is -2.31. The third kappa shape index (κ3) is 2.30. The largest absolute Gasteiger partial charge is 0.325 e. The molecule has 3 aromatic rings. The minimum absolute atomic E-state index is 0.144. The highest BCUT2D eigenvalue weighted by Crippen LogP contribution is 2.39. The third-order valence-electron chi connectivity index (χ3n) is 5.49. The van der Waals surface area contributed by atoms with Crippen molar-refractivity contribution in [3.8, 4) is 0 Å². The molecule has 0 unspecified atom stereocenters. The number of hydrogen-bond donors (Lipinski definition) is 0. The van der Waals surface area contributed by atoms with Crippen molar-refractivity contribution in [2.75, 3.05) is 11.4 Å². The van der Waals surface area contributed by atoms with Crippen LogP contribution in [-0.2, 0) is 13.0 Å². The average Bonchev–Trinajstić information content (AvgIpc) is 2.98. The smallest absolute Gasteiger partial charge is 0.318 e. The molecule has 1 saturated heterocycles. The fourth-order valence-corrected chi connectivity index (χ4v) is 4.30. The molecule has 3 heteroatoms. The van der Waals surface area contributed by atoms with Crippen LogP contribution < -0.4 is 4.90 Å². The number of urea groups is 1. The molecule has 0 N–H and O–H groups in total. The zero-order valence-corrected chi connectivity index (χ0v) is 14.1. The highest BCUT2D eigenvalue weighted by molar-refractivity contribution is 6.00. The van der Waals surface area contributed by atoms with Crippen LogP contribution in [-0.4, -0.2) is 23.5 Å². The van der Waals surface area contributed by atoms with E-state index in [0.29, 0.717) is 12.6 Å². The molecule has 0 aromatic heterocycles. The number of aryl methyl sites for hydroxylation is 1. The zero-order chi connectivity index (χ0) is 16.8. The Hall–Kier alpha value is -2.81. The number of benzene rings is 3. The van der Waals surface area contributed by atoms with E-state index in [4.69, 9.17) is 0 Å². The highest BCUT2D eigenvalue weighted by Gasteiger charge is 2.41. The monoisotopic (exact) mass is 328 g/mol. The molecule has 0 spiro atoms. The summed E-state index contributed by atoms with van der Waals surface area (Å²) in [6.45, 7) is 1.51. The summed E-state index contributed by atoms with van der Waals surface area (Å²) in [6, 6.07) is 23.5. The Morgan fingerprint density at radius 2 is 1.72 bits per heavy atom.